The molecular weight excluding hydrogens is 316 g/mol. The van der Waals surface area contributed by atoms with Gasteiger partial charge in [0.2, 0.25) is 11.8 Å². The van der Waals surface area contributed by atoms with Crippen LogP contribution in [0.3, 0.4) is 0 Å². The fourth-order valence-electron chi connectivity index (χ4n) is 3.35. The third kappa shape index (κ3) is 5.21. The summed E-state index contributed by atoms with van der Waals surface area (Å²) in [5, 5.41) is 5.76. The number of carbonyl (C=O) groups is 2. The first kappa shape index (κ1) is 17.8. The van der Waals surface area contributed by atoms with Crippen LogP contribution in [0.4, 0.5) is 0 Å². The van der Waals surface area contributed by atoms with Gasteiger partial charge in [0.25, 0.3) is 0 Å². The van der Waals surface area contributed by atoms with Crippen molar-refractivity contribution in [3.63, 3.8) is 0 Å². The van der Waals surface area contributed by atoms with Gasteiger partial charge in [-0.3, -0.25) is 9.59 Å². The molecule has 2 aliphatic rings. The van der Waals surface area contributed by atoms with Crippen LogP contribution in [0.15, 0.2) is 24.3 Å². The lowest BCUT2D eigenvalue weighted by atomic mass is 10.2. The minimum Gasteiger partial charge on any atom is -0.490 e. The third-order valence-electron chi connectivity index (χ3n) is 5.14. The number of hydrogen-bond acceptors (Lipinski definition) is 3. The van der Waals surface area contributed by atoms with Gasteiger partial charge in [-0.1, -0.05) is 25.1 Å². The van der Waals surface area contributed by atoms with Gasteiger partial charge in [0.05, 0.1) is 6.10 Å². The Morgan fingerprint density at radius 1 is 1.16 bits per heavy atom. The first-order valence-corrected chi connectivity index (χ1v) is 9.42. The summed E-state index contributed by atoms with van der Waals surface area (Å²) < 4.78 is 6.09. The highest BCUT2D eigenvalue weighted by molar-refractivity contribution is 5.82. The molecule has 0 unspecified atom stereocenters. The molecule has 0 aliphatic heterocycles. The van der Waals surface area contributed by atoms with Crippen molar-refractivity contribution in [1.29, 1.82) is 0 Å². The lowest BCUT2D eigenvalue weighted by Gasteiger charge is -2.16. The Morgan fingerprint density at radius 3 is 2.60 bits per heavy atom. The summed E-state index contributed by atoms with van der Waals surface area (Å²) in [5.74, 6) is 1.54. The maximum atomic E-state index is 12.0. The lowest BCUT2D eigenvalue weighted by molar-refractivity contribution is -0.123. The van der Waals surface area contributed by atoms with E-state index in [-0.39, 0.29) is 17.7 Å². The summed E-state index contributed by atoms with van der Waals surface area (Å²) in [7, 11) is 0. The fraction of sp³-hybridized carbons (Fsp3) is 0.600. The summed E-state index contributed by atoms with van der Waals surface area (Å²) in [6, 6.07) is 7.88. The third-order valence-corrected chi connectivity index (χ3v) is 5.14. The van der Waals surface area contributed by atoms with E-state index in [4.69, 9.17) is 4.74 Å². The molecule has 2 amide bonds. The van der Waals surface area contributed by atoms with E-state index in [0.717, 1.165) is 30.6 Å². The zero-order valence-electron chi connectivity index (χ0n) is 14.9. The Hall–Kier alpha value is -2.04. The van der Waals surface area contributed by atoms with Gasteiger partial charge in [-0.05, 0) is 44.1 Å². The van der Waals surface area contributed by atoms with E-state index in [1.54, 1.807) is 0 Å². The Balaban J connectivity index is 1.40. The highest BCUT2D eigenvalue weighted by Crippen LogP contribution is 2.37. The highest BCUT2D eigenvalue weighted by Gasteiger charge is 2.38. The van der Waals surface area contributed by atoms with Gasteiger partial charge < -0.3 is 15.4 Å². The second-order valence-corrected chi connectivity index (χ2v) is 7.27. The van der Waals surface area contributed by atoms with Crippen molar-refractivity contribution in [2.45, 2.75) is 58.1 Å². The van der Waals surface area contributed by atoms with Crippen molar-refractivity contribution >= 4 is 11.8 Å². The van der Waals surface area contributed by atoms with Crippen LogP contribution in [0.5, 0.6) is 5.75 Å². The van der Waals surface area contributed by atoms with Crippen LogP contribution >= 0.6 is 0 Å². The van der Waals surface area contributed by atoms with Gasteiger partial charge in [0, 0.05) is 31.0 Å². The number of hydrogen-bond donors (Lipinski definition) is 2. The SMILES string of the molecule is C[C@@H]1C[C@H]1C(=O)NCCC(=O)NCc1ccccc1OC1CCCC1. The Bertz CT molecular complexity index is 611. The van der Waals surface area contributed by atoms with Gasteiger partial charge in [-0.25, -0.2) is 0 Å². The van der Waals surface area contributed by atoms with Crippen LogP contribution in [0, 0.1) is 11.8 Å². The maximum Gasteiger partial charge on any atom is 0.223 e. The molecule has 0 aromatic heterocycles. The van der Waals surface area contributed by atoms with Crippen LogP contribution in [-0.2, 0) is 16.1 Å². The normalized spacial score (nSPS) is 22.4. The predicted octanol–water partition coefficient (Wildman–Crippen LogP) is 2.79. The molecule has 0 bridgehead atoms. The molecule has 2 atom stereocenters. The topological polar surface area (TPSA) is 67.4 Å². The van der Waals surface area contributed by atoms with Gasteiger partial charge in [-0.15, -0.1) is 0 Å². The smallest absolute Gasteiger partial charge is 0.223 e. The van der Waals surface area contributed by atoms with Crippen molar-refractivity contribution in [3.8, 4) is 5.75 Å². The molecule has 3 rings (SSSR count). The Labute approximate surface area is 149 Å². The summed E-state index contributed by atoms with van der Waals surface area (Å²) in [6.07, 6.45) is 6.26. The van der Waals surface area contributed by atoms with Crippen LogP contribution in [-0.4, -0.2) is 24.5 Å². The zero-order chi connectivity index (χ0) is 17.6. The van der Waals surface area contributed by atoms with Gasteiger partial charge in [0.15, 0.2) is 0 Å². The number of carbonyl (C=O) groups excluding carboxylic acids is 2. The number of amides is 2. The zero-order valence-corrected chi connectivity index (χ0v) is 14.9. The minimum absolute atomic E-state index is 0.0557. The first-order valence-electron chi connectivity index (χ1n) is 9.42. The molecular formula is C20H28N2O3. The standard InChI is InChI=1S/C20H28N2O3/c1-14-12-17(14)20(24)21-11-10-19(23)22-13-15-6-2-5-9-18(15)25-16-7-3-4-8-16/h2,5-6,9,14,16-17H,3-4,7-8,10-13H2,1H3,(H,21,24)(H,22,23)/t14-,17-/m1/s1. The van der Waals surface area contributed by atoms with Crippen LogP contribution in [0.1, 0.15) is 51.0 Å². The molecule has 1 aromatic carbocycles. The number of para-hydroxylation sites is 1. The van der Waals surface area contributed by atoms with E-state index in [0.29, 0.717) is 31.5 Å². The first-order chi connectivity index (χ1) is 12.1. The average Bonchev–Trinajstić information content (AvgIpc) is 3.12. The van der Waals surface area contributed by atoms with Gasteiger partial charge >= 0.3 is 0 Å². The maximum absolute atomic E-state index is 12.0. The van der Waals surface area contributed by atoms with Crippen molar-refractivity contribution < 1.29 is 14.3 Å². The molecule has 0 spiro atoms. The number of ether oxygens (including phenoxy) is 1. The predicted molar refractivity (Wildman–Crippen MR) is 96.1 cm³/mol. The van der Waals surface area contributed by atoms with E-state index in [1.807, 2.05) is 24.3 Å². The molecule has 2 N–H and O–H groups in total. The quantitative estimate of drug-likeness (QED) is 0.762. The lowest BCUT2D eigenvalue weighted by Crippen LogP contribution is -2.31. The molecule has 2 saturated carbocycles. The molecule has 5 nitrogen and oxygen atoms in total. The van der Waals surface area contributed by atoms with Crippen LogP contribution in [0.2, 0.25) is 0 Å². The molecule has 0 heterocycles. The summed E-state index contributed by atoms with van der Waals surface area (Å²) in [5.41, 5.74) is 0.999. The van der Waals surface area contributed by atoms with Gasteiger partial charge in [-0.2, -0.15) is 0 Å². The van der Waals surface area contributed by atoms with Crippen molar-refractivity contribution in [3.05, 3.63) is 29.8 Å². The average molecular weight is 344 g/mol. The van der Waals surface area contributed by atoms with Crippen molar-refractivity contribution in [2.75, 3.05) is 6.54 Å². The van der Waals surface area contributed by atoms with Crippen molar-refractivity contribution in [1.82, 2.24) is 10.6 Å². The Morgan fingerprint density at radius 2 is 1.88 bits per heavy atom. The van der Waals surface area contributed by atoms with Crippen LogP contribution in [0.25, 0.3) is 0 Å². The molecule has 1 aromatic rings. The molecule has 0 radical (unpaired) electrons. The molecule has 2 aliphatic carbocycles. The summed E-state index contributed by atoms with van der Waals surface area (Å²) in [4.78, 5) is 23.7. The second-order valence-electron chi connectivity index (χ2n) is 7.27. The molecule has 136 valence electrons. The minimum atomic E-state index is -0.0557. The molecule has 5 heteroatoms. The van der Waals surface area contributed by atoms with E-state index in [9.17, 15) is 9.59 Å². The van der Waals surface area contributed by atoms with E-state index < -0.39 is 0 Å². The van der Waals surface area contributed by atoms with E-state index in [1.165, 1.54) is 12.8 Å². The highest BCUT2D eigenvalue weighted by atomic mass is 16.5. The van der Waals surface area contributed by atoms with Gasteiger partial charge in [0.1, 0.15) is 5.75 Å². The fourth-order valence-corrected chi connectivity index (χ4v) is 3.35. The largest absolute Gasteiger partial charge is 0.490 e. The van der Waals surface area contributed by atoms with Crippen molar-refractivity contribution in [2.24, 2.45) is 11.8 Å². The number of benzene rings is 1. The monoisotopic (exact) mass is 344 g/mol. The van der Waals surface area contributed by atoms with Crippen LogP contribution < -0.4 is 15.4 Å². The Kier molecular flexibility index (Phi) is 5.95. The van der Waals surface area contributed by atoms with E-state index in [2.05, 4.69) is 17.6 Å². The number of rotatable bonds is 8. The molecule has 25 heavy (non-hydrogen) atoms. The van der Waals surface area contributed by atoms with E-state index >= 15 is 0 Å². The molecule has 2 fully saturated rings. The molecule has 0 saturated heterocycles. The second kappa shape index (κ2) is 8.37. The number of nitrogens with one attached hydrogen (secondary N) is 2. The summed E-state index contributed by atoms with van der Waals surface area (Å²) >= 11 is 0. The summed E-state index contributed by atoms with van der Waals surface area (Å²) in [6.45, 7) is 2.92.